The fourth-order valence-electron chi connectivity index (χ4n) is 1.66. The van der Waals surface area contributed by atoms with Crippen LogP contribution in [0, 0.1) is 29.1 Å². The maximum absolute atomic E-state index is 9.19. The number of allylic oxidation sites excluding steroid dienone is 2. The molecular formula is C13H22IN. The molecule has 0 N–H and O–H groups in total. The van der Waals surface area contributed by atoms with E-state index in [1.54, 1.807) is 0 Å². The van der Waals surface area contributed by atoms with Crippen molar-refractivity contribution in [3.8, 4) is 6.07 Å². The number of rotatable bonds is 5. The fourth-order valence-corrected chi connectivity index (χ4v) is 2.05. The molecule has 0 bridgehead atoms. The first-order valence-corrected chi connectivity index (χ1v) is 6.94. The normalized spacial score (nSPS) is 16.6. The molecule has 0 aromatic heterocycles. The molecule has 2 atom stereocenters. The minimum atomic E-state index is 0.422. The van der Waals surface area contributed by atoms with Gasteiger partial charge in [-0.15, -0.1) is 0 Å². The summed E-state index contributed by atoms with van der Waals surface area (Å²) in [5.41, 5.74) is 0.973. The average Bonchev–Trinajstić information content (AvgIpc) is 2.16. The lowest BCUT2D eigenvalue weighted by Gasteiger charge is -2.19. The number of hydrogen-bond acceptors (Lipinski definition) is 1. The summed E-state index contributed by atoms with van der Waals surface area (Å²) in [6, 6.07) is 2.38. The van der Waals surface area contributed by atoms with Gasteiger partial charge in [0.2, 0.25) is 0 Å². The van der Waals surface area contributed by atoms with Crippen LogP contribution in [0.1, 0.15) is 41.0 Å². The standard InChI is InChI=1S/C13H22IN/c1-6-12(9(2)3)11(8-15)7-13(14)10(4)5/h7,9-10,12-13H,6H2,1-5H3/b11-7-/t12-,13?/m1/s1. The Hall–Kier alpha value is -0.0400. The van der Waals surface area contributed by atoms with Gasteiger partial charge in [0.1, 0.15) is 0 Å². The molecule has 2 heteroatoms. The zero-order valence-electron chi connectivity index (χ0n) is 10.4. The highest BCUT2D eigenvalue weighted by Crippen LogP contribution is 2.26. The van der Waals surface area contributed by atoms with E-state index in [0.717, 1.165) is 12.0 Å². The van der Waals surface area contributed by atoms with Crippen molar-refractivity contribution in [2.75, 3.05) is 0 Å². The van der Waals surface area contributed by atoms with E-state index >= 15 is 0 Å². The quantitative estimate of drug-likeness (QED) is 0.413. The van der Waals surface area contributed by atoms with E-state index in [2.05, 4.69) is 69.4 Å². The third-order valence-electron chi connectivity index (χ3n) is 2.75. The minimum Gasteiger partial charge on any atom is -0.193 e. The lowest BCUT2D eigenvalue weighted by atomic mass is 9.85. The van der Waals surface area contributed by atoms with Gasteiger partial charge < -0.3 is 0 Å². The molecule has 0 fully saturated rings. The predicted molar refractivity (Wildman–Crippen MR) is 75.0 cm³/mol. The van der Waals surface area contributed by atoms with Crippen molar-refractivity contribution in [3.05, 3.63) is 11.6 Å². The van der Waals surface area contributed by atoms with Crippen LogP contribution in [-0.4, -0.2) is 3.92 Å². The number of hydrogen-bond donors (Lipinski definition) is 0. The first kappa shape index (κ1) is 15.0. The van der Waals surface area contributed by atoms with Crippen LogP contribution < -0.4 is 0 Å². The molecule has 0 aromatic carbocycles. The van der Waals surface area contributed by atoms with Crippen LogP contribution in [0.3, 0.4) is 0 Å². The largest absolute Gasteiger partial charge is 0.193 e. The van der Waals surface area contributed by atoms with Crippen LogP contribution in [0.4, 0.5) is 0 Å². The summed E-state index contributed by atoms with van der Waals surface area (Å²) in [6.45, 7) is 10.9. The first-order chi connectivity index (χ1) is 6.93. The summed E-state index contributed by atoms with van der Waals surface area (Å²) in [4.78, 5) is 0. The Kier molecular flexibility index (Phi) is 7.25. The smallest absolute Gasteiger partial charge is 0.0947 e. The molecule has 0 amide bonds. The lowest BCUT2D eigenvalue weighted by Crippen LogP contribution is -2.13. The Morgan fingerprint density at radius 2 is 1.80 bits per heavy atom. The van der Waals surface area contributed by atoms with Crippen molar-refractivity contribution in [1.29, 1.82) is 5.26 Å². The summed E-state index contributed by atoms with van der Waals surface area (Å²) in [5.74, 6) is 1.57. The summed E-state index contributed by atoms with van der Waals surface area (Å²) < 4.78 is 0.463. The topological polar surface area (TPSA) is 23.8 Å². The molecule has 1 unspecified atom stereocenters. The zero-order chi connectivity index (χ0) is 12.0. The molecule has 0 rings (SSSR count). The van der Waals surface area contributed by atoms with E-state index < -0.39 is 0 Å². The molecule has 0 saturated heterocycles. The number of alkyl halides is 1. The van der Waals surface area contributed by atoms with E-state index in [-0.39, 0.29) is 0 Å². The van der Waals surface area contributed by atoms with Gasteiger partial charge in [-0.05, 0) is 24.2 Å². The summed E-state index contributed by atoms with van der Waals surface area (Å²) in [6.07, 6.45) is 3.21. The Morgan fingerprint density at radius 3 is 2.07 bits per heavy atom. The summed E-state index contributed by atoms with van der Waals surface area (Å²) >= 11 is 2.42. The van der Waals surface area contributed by atoms with Crippen LogP contribution in [-0.2, 0) is 0 Å². The molecule has 0 aliphatic rings. The van der Waals surface area contributed by atoms with Gasteiger partial charge in [-0.2, -0.15) is 5.26 Å². The van der Waals surface area contributed by atoms with Gasteiger partial charge in [0, 0.05) is 9.50 Å². The highest BCUT2D eigenvalue weighted by Gasteiger charge is 2.18. The minimum absolute atomic E-state index is 0.422. The van der Waals surface area contributed by atoms with Crippen LogP contribution in [0.2, 0.25) is 0 Å². The van der Waals surface area contributed by atoms with Gasteiger partial charge in [0.05, 0.1) is 6.07 Å². The molecule has 0 aliphatic heterocycles. The van der Waals surface area contributed by atoms with Gasteiger partial charge in [0.15, 0.2) is 0 Å². The maximum atomic E-state index is 9.19. The lowest BCUT2D eigenvalue weighted by molar-refractivity contribution is 0.437. The molecule has 0 heterocycles. The third kappa shape index (κ3) is 5.01. The van der Waals surface area contributed by atoms with Crippen molar-refractivity contribution in [2.24, 2.45) is 17.8 Å². The van der Waals surface area contributed by atoms with Crippen LogP contribution in [0.25, 0.3) is 0 Å². The monoisotopic (exact) mass is 319 g/mol. The highest BCUT2D eigenvalue weighted by atomic mass is 127. The van der Waals surface area contributed by atoms with Crippen LogP contribution >= 0.6 is 22.6 Å². The predicted octanol–water partition coefficient (Wildman–Crippen LogP) is 4.58. The zero-order valence-corrected chi connectivity index (χ0v) is 12.6. The molecule has 0 spiro atoms. The summed E-state index contributed by atoms with van der Waals surface area (Å²) in [7, 11) is 0. The van der Waals surface area contributed by atoms with E-state index in [1.165, 1.54) is 0 Å². The molecule has 86 valence electrons. The van der Waals surface area contributed by atoms with Gasteiger partial charge in [0.25, 0.3) is 0 Å². The molecule has 0 aliphatic carbocycles. The first-order valence-electron chi connectivity index (χ1n) is 5.69. The number of nitriles is 1. The number of nitrogens with zero attached hydrogens (tertiary/aromatic N) is 1. The third-order valence-corrected chi connectivity index (χ3v) is 4.55. The van der Waals surface area contributed by atoms with Crippen molar-refractivity contribution < 1.29 is 0 Å². The van der Waals surface area contributed by atoms with Gasteiger partial charge >= 0.3 is 0 Å². The van der Waals surface area contributed by atoms with Gasteiger partial charge in [-0.25, -0.2) is 0 Å². The Balaban J connectivity index is 4.82. The Labute approximate surface area is 108 Å². The molecule has 15 heavy (non-hydrogen) atoms. The molecule has 1 nitrogen and oxygen atoms in total. The van der Waals surface area contributed by atoms with Crippen molar-refractivity contribution in [1.82, 2.24) is 0 Å². The van der Waals surface area contributed by atoms with E-state index in [0.29, 0.717) is 21.7 Å². The Morgan fingerprint density at radius 1 is 1.27 bits per heavy atom. The van der Waals surface area contributed by atoms with Crippen molar-refractivity contribution in [2.45, 2.75) is 45.0 Å². The SMILES string of the molecule is CC[C@@H](/C(C#N)=C\C(I)C(C)C)C(C)C. The molecule has 0 radical (unpaired) electrons. The van der Waals surface area contributed by atoms with Gasteiger partial charge in [-0.1, -0.05) is 63.3 Å². The second-order valence-electron chi connectivity index (χ2n) is 4.68. The van der Waals surface area contributed by atoms with Gasteiger partial charge in [-0.3, -0.25) is 0 Å². The Bertz CT molecular complexity index is 248. The second kappa shape index (κ2) is 7.27. The van der Waals surface area contributed by atoms with E-state index in [1.807, 2.05) is 0 Å². The molecule has 0 aromatic rings. The highest BCUT2D eigenvalue weighted by molar-refractivity contribution is 14.1. The van der Waals surface area contributed by atoms with E-state index in [4.69, 9.17) is 0 Å². The molecule has 0 saturated carbocycles. The fraction of sp³-hybridized carbons (Fsp3) is 0.769. The number of halogens is 1. The van der Waals surface area contributed by atoms with Crippen LogP contribution in [0.15, 0.2) is 11.6 Å². The van der Waals surface area contributed by atoms with Crippen molar-refractivity contribution >= 4 is 22.6 Å². The second-order valence-corrected chi connectivity index (χ2v) is 6.12. The molecular weight excluding hydrogens is 297 g/mol. The van der Waals surface area contributed by atoms with Crippen LogP contribution in [0.5, 0.6) is 0 Å². The van der Waals surface area contributed by atoms with Crippen molar-refractivity contribution in [3.63, 3.8) is 0 Å². The average molecular weight is 319 g/mol. The summed E-state index contributed by atoms with van der Waals surface area (Å²) in [5, 5.41) is 9.19. The maximum Gasteiger partial charge on any atom is 0.0947 e. The van der Waals surface area contributed by atoms with E-state index in [9.17, 15) is 5.26 Å².